The molecule has 0 spiro atoms. The molecule has 0 aliphatic heterocycles. The van der Waals surface area contributed by atoms with Gasteiger partial charge in [0.2, 0.25) is 0 Å². The second-order valence-electron chi connectivity index (χ2n) is 2.42. The highest BCUT2D eigenvalue weighted by Crippen LogP contribution is 2.21. The Morgan fingerprint density at radius 1 is 1.70 bits per heavy atom. The van der Waals surface area contributed by atoms with Crippen molar-refractivity contribution in [2.24, 2.45) is 0 Å². The molecule has 0 aromatic carbocycles. The summed E-state index contributed by atoms with van der Waals surface area (Å²) in [4.78, 5) is 11.4. The molecule has 0 amide bonds. The minimum atomic E-state index is 0.410. The van der Waals surface area contributed by atoms with Crippen LogP contribution in [0.3, 0.4) is 0 Å². The third-order valence-electron chi connectivity index (χ3n) is 1.28. The van der Waals surface area contributed by atoms with Gasteiger partial charge in [-0.15, -0.1) is 0 Å². The molecule has 0 bridgehead atoms. The summed E-state index contributed by atoms with van der Waals surface area (Å²) in [7, 11) is 0. The minimum Gasteiger partial charge on any atom is -0.298 e. The lowest BCUT2D eigenvalue weighted by atomic mass is 10.1. The molecule has 0 unspecified atom stereocenters. The van der Waals surface area contributed by atoms with E-state index in [4.69, 9.17) is 0 Å². The number of aromatic nitrogens is 1. The molecule has 1 heterocycles. The summed E-state index contributed by atoms with van der Waals surface area (Å²) in [6, 6.07) is 0. The van der Waals surface area contributed by atoms with Gasteiger partial charge in [0, 0.05) is 10.4 Å². The van der Waals surface area contributed by atoms with Crippen LogP contribution in [-0.2, 0) is 0 Å². The zero-order chi connectivity index (χ0) is 7.56. The Morgan fingerprint density at radius 3 is 2.80 bits per heavy atom. The summed E-state index contributed by atoms with van der Waals surface area (Å²) in [6.07, 6.45) is 2.48. The van der Waals surface area contributed by atoms with Crippen LogP contribution in [0, 0.1) is 0 Å². The topological polar surface area (TPSA) is 30.0 Å². The van der Waals surface area contributed by atoms with Gasteiger partial charge in [-0.3, -0.25) is 4.79 Å². The Morgan fingerprint density at radius 2 is 2.40 bits per heavy atom. The van der Waals surface area contributed by atoms with Crippen molar-refractivity contribution in [3.05, 3.63) is 16.6 Å². The molecule has 0 radical (unpaired) electrons. The number of rotatable bonds is 2. The lowest BCUT2D eigenvalue weighted by Crippen LogP contribution is -1.86. The Labute approximate surface area is 64.1 Å². The van der Waals surface area contributed by atoms with Gasteiger partial charge in [0.05, 0.1) is 6.20 Å². The van der Waals surface area contributed by atoms with Crippen molar-refractivity contribution in [2.75, 3.05) is 0 Å². The number of carbonyl (C=O) groups is 1. The summed E-state index contributed by atoms with van der Waals surface area (Å²) >= 11 is 1.40. The van der Waals surface area contributed by atoms with Crippen LogP contribution in [0.5, 0.6) is 0 Å². The first kappa shape index (κ1) is 7.41. The van der Waals surface area contributed by atoms with Gasteiger partial charge in [-0.2, -0.15) is 0 Å². The van der Waals surface area contributed by atoms with Crippen LogP contribution >= 0.6 is 11.5 Å². The fourth-order valence-corrected chi connectivity index (χ4v) is 1.48. The summed E-state index contributed by atoms with van der Waals surface area (Å²) in [5, 5.41) is 0. The Hall–Kier alpha value is -0.700. The van der Waals surface area contributed by atoms with Gasteiger partial charge in [0.25, 0.3) is 0 Å². The lowest BCUT2D eigenvalue weighted by Gasteiger charge is -1.98. The first-order chi connectivity index (χ1) is 4.75. The van der Waals surface area contributed by atoms with E-state index in [1.807, 2.05) is 0 Å². The zero-order valence-electron chi connectivity index (χ0n) is 6.00. The van der Waals surface area contributed by atoms with Gasteiger partial charge in [-0.05, 0) is 17.5 Å². The van der Waals surface area contributed by atoms with Gasteiger partial charge >= 0.3 is 0 Å². The minimum absolute atomic E-state index is 0.410. The Kier molecular flexibility index (Phi) is 2.17. The molecule has 0 aliphatic rings. The Balaban J connectivity index is 3.01. The largest absolute Gasteiger partial charge is 0.298 e. The van der Waals surface area contributed by atoms with E-state index in [2.05, 4.69) is 18.2 Å². The quantitative estimate of drug-likeness (QED) is 0.612. The predicted octanol–water partition coefficient (Wildman–Crippen LogP) is 2.08. The zero-order valence-corrected chi connectivity index (χ0v) is 6.81. The van der Waals surface area contributed by atoms with Crippen LogP contribution in [0.15, 0.2) is 6.20 Å². The summed E-state index contributed by atoms with van der Waals surface area (Å²) < 4.78 is 3.92. The van der Waals surface area contributed by atoms with Crippen molar-refractivity contribution in [1.82, 2.24) is 4.37 Å². The molecule has 0 aliphatic carbocycles. The van der Waals surface area contributed by atoms with Gasteiger partial charge in [-0.25, -0.2) is 4.37 Å². The first-order valence-electron chi connectivity index (χ1n) is 3.15. The van der Waals surface area contributed by atoms with Crippen molar-refractivity contribution in [3.8, 4) is 0 Å². The molecule has 0 fully saturated rings. The van der Waals surface area contributed by atoms with Gasteiger partial charge in [0.1, 0.15) is 0 Å². The van der Waals surface area contributed by atoms with Crippen LogP contribution in [0.4, 0.5) is 0 Å². The molecule has 3 heteroatoms. The van der Waals surface area contributed by atoms with Crippen molar-refractivity contribution >= 4 is 17.8 Å². The maximum Gasteiger partial charge on any atom is 0.152 e. The van der Waals surface area contributed by atoms with Crippen molar-refractivity contribution in [1.29, 1.82) is 0 Å². The summed E-state index contributed by atoms with van der Waals surface area (Å²) in [5.41, 5.74) is 0.736. The maximum atomic E-state index is 10.4. The molecular formula is C7H9NOS. The van der Waals surface area contributed by atoms with Crippen LogP contribution in [0.25, 0.3) is 0 Å². The molecule has 2 nitrogen and oxygen atoms in total. The van der Waals surface area contributed by atoms with E-state index < -0.39 is 0 Å². The van der Waals surface area contributed by atoms with Crippen molar-refractivity contribution < 1.29 is 4.79 Å². The predicted molar refractivity (Wildman–Crippen MR) is 41.6 cm³/mol. The molecule has 0 atom stereocenters. The number of carbonyl (C=O) groups excluding carboxylic acids is 1. The third kappa shape index (κ3) is 1.24. The molecule has 0 N–H and O–H groups in total. The van der Waals surface area contributed by atoms with Crippen LogP contribution in [-0.4, -0.2) is 10.7 Å². The monoisotopic (exact) mass is 155 g/mol. The maximum absolute atomic E-state index is 10.4. The summed E-state index contributed by atoms with van der Waals surface area (Å²) in [6.45, 7) is 4.11. The van der Waals surface area contributed by atoms with Crippen LogP contribution < -0.4 is 0 Å². The molecule has 0 saturated carbocycles. The van der Waals surface area contributed by atoms with Gasteiger partial charge < -0.3 is 0 Å². The molecule has 10 heavy (non-hydrogen) atoms. The number of hydrogen-bond donors (Lipinski definition) is 0. The second-order valence-corrected chi connectivity index (χ2v) is 3.25. The van der Waals surface area contributed by atoms with E-state index in [1.165, 1.54) is 11.5 Å². The number of nitrogens with zero attached hydrogens (tertiary/aromatic N) is 1. The fourth-order valence-electron chi connectivity index (χ4n) is 0.783. The molecule has 54 valence electrons. The van der Waals surface area contributed by atoms with E-state index in [-0.39, 0.29) is 0 Å². The van der Waals surface area contributed by atoms with E-state index in [1.54, 1.807) is 6.20 Å². The fraction of sp³-hybridized carbons (Fsp3) is 0.429. The average molecular weight is 155 g/mol. The summed E-state index contributed by atoms with van der Waals surface area (Å²) in [5.74, 6) is 0.410. The number of hydrogen-bond acceptors (Lipinski definition) is 3. The van der Waals surface area contributed by atoms with E-state index in [0.29, 0.717) is 5.92 Å². The first-order valence-corrected chi connectivity index (χ1v) is 3.92. The molecule has 1 aromatic heterocycles. The normalized spacial score (nSPS) is 10.3. The van der Waals surface area contributed by atoms with E-state index >= 15 is 0 Å². The van der Waals surface area contributed by atoms with E-state index in [0.717, 1.165) is 16.7 Å². The molecule has 1 rings (SSSR count). The Bertz CT molecular complexity index is 229. The SMILES string of the molecule is CC(C)c1sncc1C=O. The highest BCUT2D eigenvalue weighted by atomic mass is 32.1. The van der Waals surface area contributed by atoms with Gasteiger partial charge in [-0.1, -0.05) is 13.8 Å². The third-order valence-corrected chi connectivity index (χ3v) is 2.39. The number of aldehydes is 1. The standard InChI is InChI=1S/C7H9NOS/c1-5(2)7-6(4-9)3-8-10-7/h3-5H,1-2H3. The van der Waals surface area contributed by atoms with Crippen molar-refractivity contribution in [3.63, 3.8) is 0 Å². The smallest absolute Gasteiger partial charge is 0.152 e. The van der Waals surface area contributed by atoms with Gasteiger partial charge in [0.15, 0.2) is 6.29 Å². The van der Waals surface area contributed by atoms with Crippen LogP contribution in [0.2, 0.25) is 0 Å². The highest BCUT2D eigenvalue weighted by molar-refractivity contribution is 7.06. The lowest BCUT2D eigenvalue weighted by molar-refractivity contribution is 0.112. The van der Waals surface area contributed by atoms with Crippen LogP contribution in [0.1, 0.15) is 35.0 Å². The van der Waals surface area contributed by atoms with E-state index in [9.17, 15) is 4.79 Å². The average Bonchev–Trinajstić information content (AvgIpc) is 2.33. The van der Waals surface area contributed by atoms with Crippen molar-refractivity contribution in [2.45, 2.75) is 19.8 Å². The molecular weight excluding hydrogens is 146 g/mol. The highest BCUT2D eigenvalue weighted by Gasteiger charge is 2.07. The second kappa shape index (κ2) is 2.92. The molecule has 1 aromatic rings. The molecule has 0 saturated heterocycles.